The molecule has 0 aliphatic rings. The molecule has 0 bridgehead atoms. The highest BCUT2D eigenvalue weighted by Gasteiger charge is 2.06. The Labute approximate surface area is 162 Å². The lowest BCUT2D eigenvalue weighted by atomic mass is 10.1. The topological polar surface area (TPSA) is 40.5 Å². The van der Waals surface area contributed by atoms with Crippen LogP contribution in [0.15, 0.2) is 24.8 Å². The smallest absolute Gasteiger partial charge is 0.317 e. The zero-order chi connectivity index (χ0) is 19.3. The number of allylic oxidation sites excluding steroid dienone is 2. The largest absolute Gasteiger partial charge is 0.480 e. The van der Waals surface area contributed by atoms with Crippen LogP contribution in [-0.2, 0) is 4.79 Å². The van der Waals surface area contributed by atoms with Gasteiger partial charge in [-0.1, -0.05) is 82.9 Å². The number of rotatable bonds is 20. The van der Waals surface area contributed by atoms with Gasteiger partial charge in [0, 0.05) is 6.54 Å². The standard InChI is InChI=1S/C23H43NO2/c1-3-5-6-7-8-9-10-11-12-13-14-15-16-17-18-19-21-24(20-4-2)22-23(25)26/h4,11-12H,2-3,5-10,13-22H2,1H3,(H,25,26). The van der Waals surface area contributed by atoms with Crippen LogP contribution in [0.4, 0.5) is 0 Å². The van der Waals surface area contributed by atoms with E-state index in [2.05, 4.69) is 25.7 Å². The first-order valence-corrected chi connectivity index (χ1v) is 10.9. The molecular weight excluding hydrogens is 322 g/mol. The summed E-state index contributed by atoms with van der Waals surface area (Å²) in [6.07, 6.45) is 24.7. The summed E-state index contributed by atoms with van der Waals surface area (Å²) < 4.78 is 0. The molecular formula is C23H43NO2. The lowest BCUT2D eigenvalue weighted by Gasteiger charge is -2.17. The minimum atomic E-state index is -0.753. The van der Waals surface area contributed by atoms with E-state index in [1.165, 1.54) is 83.5 Å². The van der Waals surface area contributed by atoms with Gasteiger partial charge >= 0.3 is 5.97 Å². The molecule has 3 heteroatoms. The van der Waals surface area contributed by atoms with Crippen LogP contribution in [0.2, 0.25) is 0 Å². The quantitative estimate of drug-likeness (QED) is 0.195. The first-order chi connectivity index (χ1) is 12.7. The fourth-order valence-electron chi connectivity index (χ4n) is 3.19. The highest BCUT2D eigenvalue weighted by atomic mass is 16.4. The molecule has 0 unspecified atom stereocenters. The summed E-state index contributed by atoms with van der Waals surface area (Å²) in [7, 11) is 0. The van der Waals surface area contributed by atoms with E-state index in [-0.39, 0.29) is 6.54 Å². The van der Waals surface area contributed by atoms with Crippen molar-refractivity contribution in [1.82, 2.24) is 4.90 Å². The average molecular weight is 366 g/mol. The predicted molar refractivity (Wildman–Crippen MR) is 114 cm³/mol. The molecule has 0 aliphatic heterocycles. The van der Waals surface area contributed by atoms with Gasteiger partial charge in [-0.2, -0.15) is 0 Å². The summed E-state index contributed by atoms with van der Waals surface area (Å²) in [5, 5.41) is 8.86. The molecule has 152 valence electrons. The van der Waals surface area contributed by atoms with Crippen LogP contribution in [0.3, 0.4) is 0 Å². The van der Waals surface area contributed by atoms with Crippen LogP contribution in [0.1, 0.15) is 96.8 Å². The third-order valence-electron chi connectivity index (χ3n) is 4.73. The third-order valence-corrected chi connectivity index (χ3v) is 4.73. The van der Waals surface area contributed by atoms with Crippen molar-refractivity contribution >= 4 is 5.97 Å². The summed E-state index contributed by atoms with van der Waals surface area (Å²) >= 11 is 0. The van der Waals surface area contributed by atoms with E-state index >= 15 is 0 Å². The van der Waals surface area contributed by atoms with Crippen molar-refractivity contribution in [1.29, 1.82) is 0 Å². The second-order valence-electron chi connectivity index (χ2n) is 7.36. The SMILES string of the molecule is C=CCN(CCCCCCCCC=CCCCCCCCC)CC(=O)O. The molecule has 0 aromatic rings. The number of carbonyl (C=O) groups is 1. The Morgan fingerprint density at radius 2 is 1.35 bits per heavy atom. The predicted octanol–water partition coefficient (Wildman–Crippen LogP) is 6.60. The van der Waals surface area contributed by atoms with Gasteiger partial charge in [-0.15, -0.1) is 6.58 Å². The molecule has 0 radical (unpaired) electrons. The summed E-state index contributed by atoms with van der Waals surface area (Å²) in [5.74, 6) is -0.753. The number of hydrogen-bond acceptors (Lipinski definition) is 2. The molecule has 0 saturated heterocycles. The number of aliphatic carboxylic acids is 1. The van der Waals surface area contributed by atoms with Gasteiger partial charge in [0.1, 0.15) is 0 Å². The molecule has 0 aliphatic carbocycles. The maximum Gasteiger partial charge on any atom is 0.317 e. The summed E-state index contributed by atoms with van der Waals surface area (Å²) in [6, 6.07) is 0. The molecule has 0 amide bonds. The van der Waals surface area contributed by atoms with E-state index in [0.29, 0.717) is 6.54 Å². The van der Waals surface area contributed by atoms with Crippen LogP contribution < -0.4 is 0 Å². The molecule has 0 atom stereocenters. The minimum Gasteiger partial charge on any atom is -0.480 e. The highest BCUT2D eigenvalue weighted by molar-refractivity contribution is 5.69. The van der Waals surface area contributed by atoms with Crippen LogP contribution in [0.5, 0.6) is 0 Å². The van der Waals surface area contributed by atoms with E-state index in [1.54, 1.807) is 6.08 Å². The fourth-order valence-corrected chi connectivity index (χ4v) is 3.19. The molecule has 0 aromatic carbocycles. The van der Waals surface area contributed by atoms with Gasteiger partial charge in [0.05, 0.1) is 6.54 Å². The Morgan fingerprint density at radius 3 is 1.85 bits per heavy atom. The van der Waals surface area contributed by atoms with Gasteiger partial charge < -0.3 is 5.11 Å². The van der Waals surface area contributed by atoms with Gasteiger partial charge in [0.25, 0.3) is 0 Å². The molecule has 0 aromatic heterocycles. The van der Waals surface area contributed by atoms with Crippen LogP contribution in [0.25, 0.3) is 0 Å². The first-order valence-electron chi connectivity index (χ1n) is 10.9. The summed E-state index contributed by atoms with van der Waals surface area (Å²) in [5.41, 5.74) is 0. The summed E-state index contributed by atoms with van der Waals surface area (Å²) in [4.78, 5) is 12.7. The maximum absolute atomic E-state index is 10.8. The molecule has 0 heterocycles. The van der Waals surface area contributed by atoms with Crippen LogP contribution in [0, 0.1) is 0 Å². The maximum atomic E-state index is 10.8. The van der Waals surface area contributed by atoms with Crippen molar-refractivity contribution in [3.05, 3.63) is 24.8 Å². The monoisotopic (exact) mass is 365 g/mol. The van der Waals surface area contributed by atoms with E-state index < -0.39 is 5.97 Å². The third kappa shape index (κ3) is 19.2. The zero-order valence-corrected chi connectivity index (χ0v) is 17.3. The second kappa shape index (κ2) is 20.2. The van der Waals surface area contributed by atoms with Crippen molar-refractivity contribution in [2.45, 2.75) is 96.8 Å². The van der Waals surface area contributed by atoms with E-state index in [4.69, 9.17) is 5.11 Å². The number of nitrogens with zero attached hydrogens (tertiary/aromatic N) is 1. The van der Waals surface area contributed by atoms with E-state index in [0.717, 1.165) is 13.0 Å². The Hall–Kier alpha value is -1.09. The highest BCUT2D eigenvalue weighted by Crippen LogP contribution is 2.10. The van der Waals surface area contributed by atoms with Crippen LogP contribution >= 0.6 is 0 Å². The van der Waals surface area contributed by atoms with Gasteiger partial charge in [0.15, 0.2) is 0 Å². The summed E-state index contributed by atoms with van der Waals surface area (Å²) in [6.45, 7) is 7.61. The van der Waals surface area contributed by atoms with Crippen molar-refractivity contribution < 1.29 is 9.90 Å². The fraction of sp³-hybridized carbons (Fsp3) is 0.783. The van der Waals surface area contributed by atoms with Crippen molar-refractivity contribution in [3.63, 3.8) is 0 Å². The van der Waals surface area contributed by atoms with Gasteiger partial charge in [0.2, 0.25) is 0 Å². The Bertz CT molecular complexity index is 352. The Kier molecular flexibility index (Phi) is 19.4. The number of unbranched alkanes of at least 4 members (excludes halogenated alkanes) is 12. The van der Waals surface area contributed by atoms with E-state index in [9.17, 15) is 4.79 Å². The number of carboxylic acids is 1. The minimum absolute atomic E-state index is 0.122. The molecule has 0 rings (SSSR count). The average Bonchev–Trinajstić information content (AvgIpc) is 2.61. The van der Waals surface area contributed by atoms with Crippen LogP contribution in [-0.4, -0.2) is 35.6 Å². The number of hydrogen-bond donors (Lipinski definition) is 1. The Balaban J connectivity index is 3.33. The molecule has 1 N–H and O–H groups in total. The van der Waals surface area contributed by atoms with Gasteiger partial charge in [-0.25, -0.2) is 0 Å². The number of carboxylic acid groups (broad SMARTS) is 1. The second-order valence-corrected chi connectivity index (χ2v) is 7.36. The molecule has 3 nitrogen and oxygen atoms in total. The molecule has 26 heavy (non-hydrogen) atoms. The lowest BCUT2D eigenvalue weighted by Crippen LogP contribution is -2.30. The van der Waals surface area contributed by atoms with Crippen molar-refractivity contribution in [3.8, 4) is 0 Å². The first kappa shape index (κ1) is 24.9. The van der Waals surface area contributed by atoms with Crippen molar-refractivity contribution in [2.75, 3.05) is 19.6 Å². The molecule has 0 fully saturated rings. The molecule has 0 spiro atoms. The molecule has 0 saturated carbocycles. The van der Waals surface area contributed by atoms with Crippen molar-refractivity contribution in [2.24, 2.45) is 0 Å². The van der Waals surface area contributed by atoms with Gasteiger partial charge in [-0.3, -0.25) is 9.69 Å². The lowest BCUT2D eigenvalue weighted by molar-refractivity contribution is -0.138. The zero-order valence-electron chi connectivity index (χ0n) is 17.3. The Morgan fingerprint density at radius 1 is 0.846 bits per heavy atom. The normalized spacial score (nSPS) is 11.5. The van der Waals surface area contributed by atoms with Gasteiger partial charge in [-0.05, 0) is 38.6 Å². The van der Waals surface area contributed by atoms with E-state index in [1.807, 2.05) is 4.90 Å².